The van der Waals surface area contributed by atoms with E-state index in [0.717, 1.165) is 11.9 Å². The molecule has 1 aromatic carbocycles. The van der Waals surface area contributed by atoms with E-state index in [-0.39, 0.29) is 23.1 Å². The lowest BCUT2D eigenvalue weighted by Gasteiger charge is -2.04. The molecular formula is C16H19N5O7S2. The number of carbonyl (C=O) groups excluding carboxylic acids is 1. The number of carboxylic acid groups (broad SMARTS) is 2. The fourth-order valence-electron chi connectivity index (χ4n) is 1.90. The molecule has 0 aliphatic rings. The number of thiazole rings is 1. The molecule has 3 amide bonds. The van der Waals surface area contributed by atoms with Gasteiger partial charge in [-0.05, 0) is 12.1 Å². The minimum atomic E-state index is -3.53. The van der Waals surface area contributed by atoms with Crippen LogP contribution in [0.15, 0.2) is 39.5 Å². The number of carbonyl (C=O) groups is 3. The average Bonchev–Trinajstić information content (AvgIpc) is 3.08. The van der Waals surface area contributed by atoms with E-state index >= 15 is 0 Å². The van der Waals surface area contributed by atoms with Gasteiger partial charge >= 0.3 is 12.2 Å². The van der Waals surface area contributed by atoms with Crippen LogP contribution in [0.25, 0.3) is 11.3 Å². The number of primary amides is 1. The lowest BCUT2D eigenvalue weighted by molar-refractivity contribution is -0.114. The zero-order valence-electron chi connectivity index (χ0n) is 15.6. The number of nitrogens with zero attached hydrogens (tertiary/aromatic N) is 2. The quantitative estimate of drug-likeness (QED) is 0.303. The predicted molar refractivity (Wildman–Crippen MR) is 111 cm³/mol. The summed E-state index contributed by atoms with van der Waals surface area (Å²) in [5.41, 5.74) is 5.38. The number of nitrogens with two attached hydrogens (primary N) is 1. The normalized spacial score (nSPS) is 10.7. The van der Waals surface area contributed by atoms with Gasteiger partial charge in [0.05, 0.1) is 29.2 Å². The van der Waals surface area contributed by atoms with E-state index in [1.165, 1.54) is 30.4 Å². The molecule has 0 spiro atoms. The van der Waals surface area contributed by atoms with Crippen LogP contribution in [-0.2, 0) is 14.6 Å². The van der Waals surface area contributed by atoms with Crippen LogP contribution in [0.5, 0.6) is 0 Å². The molecule has 30 heavy (non-hydrogen) atoms. The van der Waals surface area contributed by atoms with Crippen molar-refractivity contribution in [2.24, 2.45) is 10.7 Å². The Labute approximate surface area is 175 Å². The summed E-state index contributed by atoms with van der Waals surface area (Å²) in [7, 11) is -3.53. The van der Waals surface area contributed by atoms with Gasteiger partial charge in [0.15, 0.2) is 15.0 Å². The second kappa shape index (κ2) is 11.5. The SMILES string of the molecule is CC(=O)Nc1nc(-c2ccc(S(=O)(=O)CCN=CNC(=O)O)cc2)cs1.NC(=O)O. The van der Waals surface area contributed by atoms with Crippen molar-refractivity contribution in [3.63, 3.8) is 0 Å². The molecule has 2 aromatic rings. The summed E-state index contributed by atoms with van der Waals surface area (Å²) < 4.78 is 24.5. The van der Waals surface area contributed by atoms with E-state index in [9.17, 15) is 18.0 Å². The van der Waals surface area contributed by atoms with Crippen molar-refractivity contribution in [3.05, 3.63) is 29.6 Å². The molecule has 0 aliphatic heterocycles. The number of sulfone groups is 1. The second-order valence-corrected chi connectivity index (χ2v) is 8.35. The molecule has 0 saturated carbocycles. The van der Waals surface area contributed by atoms with E-state index in [2.05, 4.69) is 21.0 Å². The number of nitrogens with one attached hydrogen (secondary N) is 2. The van der Waals surface area contributed by atoms with Gasteiger partial charge in [0.1, 0.15) is 0 Å². The van der Waals surface area contributed by atoms with E-state index < -0.39 is 22.0 Å². The fraction of sp³-hybridized carbons (Fsp3) is 0.188. The smallest absolute Gasteiger partial charge is 0.409 e. The van der Waals surface area contributed by atoms with Crippen molar-refractivity contribution in [1.82, 2.24) is 10.3 Å². The summed E-state index contributed by atoms with van der Waals surface area (Å²) in [4.78, 5) is 38.1. The Kier molecular flexibility index (Phi) is 9.38. The lowest BCUT2D eigenvalue weighted by atomic mass is 10.2. The minimum Gasteiger partial charge on any atom is -0.465 e. The standard InChI is InChI=1S/C15H16N4O5S2.CH3NO2/c1-10(20)18-14-19-13(8-25-14)11-2-4-12(5-3-11)26(23,24)7-6-16-9-17-15(21)22;2-1(3)4/h2-5,8-9H,6-7H2,1H3,(H,16,17)(H,21,22)(H,18,19,20);2H2,(H,3,4). The van der Waals surface area contributed by atoms with E-state index in [0.29, 0.717) is 10.8 Å². The maximum Gasteiger partial charge on any atom is 0.409 e. The molecule has 6 N–H and O–H groups in total. The fourth-order valence-corrected chi connectivity index (χ4v) is 3.80. The summed E-state index contributed by atoms with van der Waals surface area (Å²) in [5.74, 6) is -0.457. The first kappa shape index (κ1) is 24.5. The predicted octanol–water partition coefficient (Wildman–Crippen LogP) is 1.46. The molecule has 0 aliphatic carbocycles. The molecule has 0 fully saturated rings. The van der Waals surface area contributed by atoms with Gasteiger partial charge in [-0.2, -0.15) is 0 Å². The molecule has 14 heteroatoms. The molecule has 12 nitrogen and oxygen atoms in total. The molecule has 1 heterocycles. The Morgan fingerprint density at radius 1 is 1.23 bits per heavy atom. The van der Waals surface area contributed by atoms with Gasteiger partial charge in [-0.3, -0.25) is 15.1 Å². The van der Waals surface area contributed by atoms with E-state index in [4.69, 9.17) is 15.0 Å². The highest BCUT2D eigenvalue weighted by Crippen LogP contribution is 2.26. The first-order valence-electron chi connectivity index (χ1n) is 8.03. The van der Waals surface area contributed by atoms with E-state index in [1.54, 1.807) is 17.5 Å². The molecule has 0 unspecified atom stereocenters. The highest BCUT2D eigenvalue weighted by Gasteiger charge is 2.14. The third-order valence-corrected chi connectivity index (χ3v) is 5.53. The average molecular weight is 457 g/mol. The first-order valence-corrected chi connectivity index (χ1v) is 10.6. The van der Waals surface area contributed by atoms with Gasteiger partial charge in [-0.15, -0.1) is 11.3 Å². The van der Waals surface area contributed by atoms with Crippen molar-refractivity contribution >= 4 is 50.7 Å². The van der Waals surface area contributed by atoms with Crippen LogP contribution in [0.4, 0.5) is 14.7 Å². The number of hydrogen-bond donors (Lipinski definition) is 5. The molecule has 0 atom stereocenters. The number of amides is 3. The van der Waals surface area contributed by atoms with Gasteiger partial charge in [-0.25, -0.2) is 23.0 Å². The van der Waals surface area contributed by atoms with Crippen LogP contribution >= 0.6 is 11.3 Å². The van der Waals surface area contributed by atoms with Gasteiger partial charge < -0.3 is 21.3 Å². The highest BCUT2D eigenvalue weighted by atomic mass is 32.2. The topological polar surface area (TPSA) is 201 Å². The van der Waals surface area contributed by atoms with Crippen molar-refractivity contribution < 1.29 is 33.0 Å². The van der Waals surface area contributed by atoms with Crippen LogP contribution in [0.1, 0.15) is 6.92 Å². The zero-order valence-corrected chi connectivity index (χ0v) is 17.2. The summed E-state index contributed by atoms with van der Waals surface area (Å²) >= 11 is 1.28. The van der Waals surface area contributed by atoms with Crippen molar-refractivity contribution in [3.8, 4) is 11.3 Å². The summed E-state index contributed by atoms with van der Waals surface area (Å²) in [6, 6.07) is 6.21. The van der Waals surface area contributed by atoms with Crippen LogP contribution in [0.3, 0.4) is 0 Å². The lowest BCUT2D eigenvalue weighted by Crippen LogP contribution is -2.19. The molecule has 0 bridgehead atoms. The number of anilines is 1. The zero-order chi connectivity index (χ0) is 22.7. The Morgan fingerprint density at radius 2 is 1.83 bits per heavy atom. The van der Waals surface area contributed by atoms with Crippen LogP contribution < -0.4 is 16.4 Å². The van der Waals surface area contributed by atoms with Gasteiger partial charge in [0, 0.05) is 17.9 Å². The summed E-state index contributed by atoms with van der Waals surface area (Å²) in [6.07, 6.45) is -1.66. The van der Waals surface area contributed by atoms with Crippen LogP contribution in [0, 0.1) is 0 Å². The Morgan fingerprint density at radius 3 is 2.37 bits per heavy atom. The first-order chi connectivity index (χ1) is 14.0. The monoisotopic (exact) mass is 457 g/mol. The molecule has 1 aromatic heterocycles. The van der Waals surface area contributed by atoms with Gasteiger partial charge in [-0.1, -0.05) is 12.1 Å². The van der Waals surface area contributed by atoms with Crippen molar-refractivity contribution in [2.75, 3.05) is 17.6 Å². The Hall–Kier alpha value is -3.52. The summed E-state index contributed by atoms with van der Waals surface area (Å²) in [6.45, 7) is 1.33. The van der Waals surface area contributed by atoms with E-state index in [1.807, 2.05) is 5.32 Å². The largest absolute Gasteiger partial charge is 0.465 e. The third-order valence-electron chi connectivity index (χ3n) is 3.06. The van der Waals surface area contributed by atoms with Crippen molar-refractivity contribution in [1.29, 1.82) is 0 Å². The molecule has 162 valence electrons. The number of hydrogen-bond acceptors (Lipinski definition) is 8. The number of benzene rings is 1. The van der Waals surface area contributed by atoms with Crippen LogP contribution in [-0.4, -0.2) is 60.3 Å². The summed E-state index contributed by atoms with van der Waals surface area (Å²) in [5, 5.41) is 22.3. The number of rotatable bonds is 7. The minimum absolute atomic E-state index is 0.0590. The van der Waals surface area contributed by atoms with Gasteiger partial charge in [0.25, 0.3) is 0 Å². The molecule has 0 saturated heterocycles. The Balaban J connectivity index is 0.00000103. The van der Waals surface area contributed by atoms with Crippen LogP contribution in [0.2, 0.25) is 0 Å². The maximum atomic E-state index is 12.2. The van der Waals surface area contributed by atoms with Gasteiger partial charge in [0.2, 0.25) is 5.91 Å². The Bertz CT molecular complexity index is 1010. The van der Waals surface area contributed by atoms with Crippen molar-refractivity contribution in [2.45, 2.75) is 11.8 Å². The second-order valence-electron chi connectivity index (χ2n) is 5.39. The number of aliphatic imine (C=N–C) groups is 1. The number of aromatic nitrogens is 1. The highest BCUT2D eigenvalue weighted by molar-refractivity contribution is 7.91. The third kappa shape index (κ3) is 9.11. The molecule has 2 rings (SSSR count). The molecule has 0 radical (unpaired) electrons. The maximum absolute atomic E-state index is 12.2. The molecular weight excluding hydrogens is 438 g/mol.